The highest BCUT2D eigenvalue weighted by Crippen LogP contribution is 2.23. The van der Waals surface area contributed by atoms with Crippen LogP contribution in [0.1, 0.15) is 28.6 Å². The third-order valence-corrected chi connectivity index (χ3v) is 3.12. The molecule has 3 nitrogen and oxygen atoms in total. The first kappa shape index (κ1) is 13.0. The Bertz CT molecular complexity index is 540. The van der Waals surface area contributed by atoms with Crippen molar-refractivity contribution in [1.82, 2.24) is 9.97 Å². The van der Waals surface area contributed by atoms with E-state index in [-0.39, 0.29) is 0 Å². The van der Waals surface area contributed by atoms with Crippen LogP contribution in [-0.4, -0.2) is 15.1 Å². The molecule has 18 heavy (non-hydrogen) atoms. The van der Waals surface area contributed by atoms with Crippen molar-refractivity contribution in [2.24, 2.45) is 0 Å². The molecule has 0 saturated heterocycles. The van der Waals surface area contributed by atoms with Gasteiger partial charge in [0.25, 0.3) is 0 Å². The molecule has 1 heterocycles. The number of aliphatic hydroxyl groups excluding tert-OH is 1. The van der Waals surface area contributed by atoms with E-state index in [9.17, 15) is 5.11 Å². The summed E-state index contributed by atoms with van der Waals surface area (Å²) >= 11 is 6.14. The fraction of sp³-hybridized carbons (Fsp3) is 0.286. The number of aliphatic hydroxyl groups is 1. The Labute approximate surface area is 111 Å². The fourth-order valence-corrected chi connectivity index (χ4v) is 2.02. The lowest BCUT2D eigenvalue weighted by Gasteiger charge is -2.11. The zero-order valence-electron chi connectivity index (χ0n) is 10.4. The van der Waals surface area contributed by atoms with Gasteiger partial charge in [-0.2, -0.15) is 0 Å². The van der Waals surface area contributed by atoms with Gasteiger partial charge >= 0.3 is 0 Å². The molecule has 0 bridgehead atoms. The molecule has 0 fully saturated rings. The molecule has 1 aromatic carbocycles. The molecule has 2 aromatic rings. The molecule has 0 spiro atoms. The van der Waals surface area contributed by atoms with Crippen LogP contribution in [0.5, 0.6) is 0 Å². The second-order valence-corrected chi connectivity index (χ2v) is 4.80. The molecule has 1 atom stereocenters. The molecule has 4 heteroatoms. The van der Waals surface area contributed by atoms with E-state index < -0.39 is 6.10 Å². The van der Waals surface area contributed by atoms with Gasteiger partial charge in [-0.3, -0.25) is 9.97 Å². The van der Waals surface area contributed by atoms with Crippen molar-refractivity contribution in [2.45, 2.75) is 26.4 Å². The minimum absolute atomic E-state index is 0.441. The van der Waals surface area contributed by atoms with Crippen LogP contribution in [0.2, 0.25) is 5.02 Å². The van der Waals surface area contributed by atoms with E-state index in [0.29, 0.717) is 17.1 Å². The summed E-state index contributed by atoms with van der Waals surface area (Å²) in [7, 11) is 0. The summed E-state index contributed by atoms with van der Waals surface area (Å²) in [4.78, 5) is 8.29. The van der Waals surface area contributed by atoms with Crippen molar-refractivity contribution in [3.8, 4) is 0 Å². The predicted octanol–water partition coefficient (Wildman–Crippen LogP) is 3.02. The Balaban J connectivity index is 2.15. The van der Waals surface area contributed by atoms with Gasteiger partial charge in [-0.1, -0.05) is 23.7 Å². The number of nitrogens with zero attached hydrogens (tertiary/aromatic N) is 2. The Morgan fingerprint density at radius 1 is 1.22 bits per heavy atom. The second kappa shape index (κ2) is 5.46. The molecule has 1 unspecified atom stereocenters. The van der Waals surface area contributed by atoms with Crippen molar-refractivity contribution in [3.63, 3.8) is 0 Å². The highest BCUT2D eigenvalue weighted by Gasteiger charge is 2.12. The van der Waals surface area contributed by atoms with Crippen LogP contribution in [0.4, 0.5) is 0 Å². The number of rotatable bonds is 3. The van der Waals surface area contributed by atoms with Crippen LogP contribution in [0.15, 0.2) is 30.6 Å². The third-order valence-electron chi connectivity index (χ3n) is 2.76. The molecule has 0 aliphatic heterocycles. The molecule has 0 amide bonds. The summed E-state index contributed by atoms with van der Waals surface area (Å²) in [6.07, 6.45) is 3.01. The predicted molar refractivity (Wildman–Crippen MR) is 71.6 cm³/mol. The molecule has 0 radical (unpaired) electrons. The van der Waals surface area contributed by atoms with Gasteiger partial charge in [-0.25, -0.2) is 0 Å². The van der Waals surface area contributed by atoms with Crippen LogP contribution in [0, 0.1) is 13.8 Å². The lowest BCUT2D eigenvalue weighted by Crippen LogP contribution is -2.05. The van der Waals surface area contributed by atoms with Crippen molar-refractivity contribution in [2.75, 3.05) is 0 Å². The van der Waals surface area contributed by atoms with Gasteiger partial charge in [0.1, 0.15) is 6.10 Å². The van der Waals surface area contributed by atoms with E-state index in [2.05, 4.69) is 9.97 Å². The average Bonchev–Trinajstić information content (AvgIpc) is 2.33. The second-order valence-electron chi connectivity index (χ2n) is 4.40. The standard InChI is InChI=1S/C14H15ClN2O/c1-9-3-4-11(12(15)5-9)6-14(18)13-8-16-10(2)7-17-13/h3-5,7-8,14,18H,6H2,1-2H3. The molecule has 1 aromatic heterocycles. The first-order chi connectivity index (χ1) is 8.56. The number of hydrogen-bond donors (Lipinski definition) is 1. The summed E-state index contributed by atoms with van der Waals surface area (Å²) in [6.45, 7) is 3.84. The van der Waals surface area contributed by atoms with Gasteiger partial charge in [-0.15, -0.1) is 0 Å². The van der Waals surface area contributed by atoms with Crippen LogP contribution in [0.3, 0.4) is 0 Å². The summed E-state index contributed by atoms with van der Waals surface area (Å²) in [5.74, 6) is 0. The highest BCUT2D eigenvalue weighted by atomic mass is 35.5. The topological polar surface area (TPSA) is 46.0 Å². The molecule has 0 aliphatic rings. The van der Waals surface area contributed by atoms with Crippen molar-refractivity contribution < 1.29 is 5.11 Å². The van der Waals surface area contributed by atoms with Gasteiger partial charge in [-0.05, 0) is 31.0 Å². The molecule has 0 saturated carbocycles. The summed E-state index contributed by atoms with van der Waals surface area (Å²) < 4.78 is 0. The summed E-state index contributed by atoms with van der Waals surface area (Å²) in [5.41, 5.74) is 3.42. The lowest BCUT2D eigenvalue weighted by molar-refractivity contribution is 0.173. The average molecular weight is 263 g/mol. The Kier molecular flexibility index (Phi) is 3.94. The fourth-order valence-electron chi connectivity index (χ4n) is 1.71. The first-order valence-corrected chi connectivity index (χ1v) is 6.15. The SMILES string of the molecule is Cc1ccc(CC(O)c2cnc(C)cn2)c(Cl)c1. The monoisotopic (exact) mass is 262 g/mol. The first-order valence-electron chi connectivity index (χ1n) is 5.78. The van der Waals surface area contributed by atoms with Gasteiger partial charge in [0, 0.05) is 17.6 Å². The summed E-state index contributed by atoms with van der Waals surface area (Å²) in [6, 6.07) is 5.81. The maximum Gasteiger partial charge on any atom is 0.102 e. The minimum Gasteiger partial charge on any atom is -0.386 e. The largest absolute Gasteiger partial charge is 0.386 e. The Hall–Kier alpha value is -1.45. The number of benzene rings is 1. The molecule has 0 aliphatic carbocycles. The van der Waals surface area contributed by atoms with Crippen molar-refractivity contribution >= 4 is 11.6 Å². The molecule has 2 rings (SSSR count). The molecule has 94 valence electrons. The molecular weight excluding hydrogens is 248 g/mol. The number of halogens is 1. The van der Waals surface area contributed by atoms with E-state index >= 15 is 0 Å². The van der Waals surface area contributed by atoms with Crippen LogP contribution < -0.4 is 0 Å². The number of aryl methyl sites for hydroxylation is 2. The van der Waals surface area contributed by atoms with E-state index in [0.717, 1.165) is 16.8 Å². The van der Waals surface area contributed by atoms with E-state index in [1.165, 1.54) is 0 Å². The zero-order valence-corrected chi connectivity index (χ0v) is 11.1. The smallest absolute Gasteiger partial charge is 0.102 e. The van der Waals surface area contributed by atoms with E-state index in [1.54, 1.807) is 12.4 Å². The van der Waals surface area contributed by atoms with Crippen molar-refractivity contribution in [3.05, 3.63) is 58.1 Å². The number of hydrogen-bond acceptors (Lipinski definition) is 3. The van der Waals surface area contributed by atoms with E-state index in [4.69, 9.17) is 11.6 Å². The van der Waals surface area contributed by atoms with Gasteiger partial charge in [0.2, 0.25) is 0 Å². The third kappa shape index (κ3) is 3.06. The maximum absolute atomic E-state index is 10.1. The van der Waals surface area contributed by atoms with E-state index in [1.807, 2.05) is 32.0 Å². The number of aromatic nitrogens is 2. The van der Waals surface area contributed by atoms with Gasteiger partial charge in [0.05, 0.1) is 17.6 Å². The van der Waals surface area contributed by atoms with Crippen LogP contribution in [-0.2, 0) is 6.42 Å². The normalized spacial score (nSPS) is 12.4. The quantitative estimate of drug-likeness (QED) is 0.925. The molecule has 1 N–H and O–H groups in total. The maximum atomic E-state index is 10.1. The van der Waals surface area contributed by atoms with Crippen molar-refractivity contribution in [1.29, 1.82) is 0 Å². The van der Waals surface area contributed by atoms with Crippen LogP contribution in [0.25, 0.3) is 0 Å². The Morgan fingerprint density at radius 2 is 2.00 bits per heavy atom. The lowest BCUT2D eigenvalue weighted by atomic mass is 10.0. The van der Waals surface area contributed by atoms with Gasteiger partial charge < -0.3 is 5.11 Å². The van der Waals surface area contributed by atoms with Crippen LogP contribution >= 0.6 is 11.6 Å². The highest BCUT2D eigenvalue weighted by molar-refractivity contribution is 6.31. The Morgan fingerprint density at radius 3 is 2.61 bits per heavy atom. The summed E-state index contributed by atoms with van der Waals surface area (Å²) in [5, 5.41) is 10.8. The van der Waals surface area contributed by atoms with Gasteiger partial charge in [0.15, 0.2) is 0 Å². The zero-order chi connectivity index (χ0) is 13.1. The minimum atomic E-state index is -0.682. The molecular formula is C14H15ClN2O.